The minimum Gasteiger partial charge on any atom is -0.465 e. The highest BCUT2D eigenvalue weighted by Gasteiger charge is 2.33. The third kappa shape index (κ3) is 1.67. The summed E-state index contributed by atoms with van der Waals surface area (Å²) in [5.74, 6) is 0. The van der Waals surface area contributed by atoms with Crippen LogP contribution < -0.4 is 0 Å². The van der Waals surface area contributed by atoms with Gasteiger partial charge in [0, 0.05) is 6.54 Å². The molecule has 1 saturated heterocycles. The second-order valence-corrected chi connectivity index (χ2v) is 2.94. The Bertz CT molecular complexity index is 173. The highest BCUT2D eigenvalue weighted by molar-refractivity contribution is 5.65. The van der Waals surface area contributed by atoms with E-state index in [9.17, 15) is 9.90 Å². The van der Waals surface area contributed by atoms with Gasteiger partial charge in [-0.2, -0.15) is 0 Å². The SMILES string of the molecule is O=C(O)N1CCC[C@@H]1[C@H](O)CO. The Morgan fingerprint density at radius 2 is 2.33 bits per heavy atom. The van der Waals surface area contributed by atoms with E-state index in [1.54, 1.807) is 0 Å². The Kier molecular flexibility index (Phi) is 2.88. The standard InChI is InChI=1S/C7H13NO4/c9-4-6(10)5-2-1-3-8(5)7(11)12/h5-6,9-10H,1-4H2,(H,11,12)/t5-,6-/m1/s1. The van der Waals surface area contributed by atoms with Gasteiger partial charge in [-0.1, -0.05) is 0 Å². The Labute approximate surface area is 70.2 Å². The number of aliphatic hydroxyl groups is 2. The molecular formula is C7H13NO4. The molecule has 1 aliphatic heterocycles. The van der Waals surface area contributed by atoms with E-state index in [2.05, 4.69) is 0 Å². The molecule has 0 saturated carbocycles. The van der Waals surface area contributed by atoms with Crippen molar-refractivity contribution in [2.75, 3.05) is 13.2 Å². The summed E-state index contributed by atoms with van der Waals surface area (Å²) in [5, 5.41) is 26.5. The lowest BCUT2D eigenvalue weighted by Gasteiger charge is -2.24. The Balaban J connectivity index is 2.57. The van der Waals surface area contributed by atoms with Crippen molar-refractivity contribution < 1.29 is 20.1 Å². The lowest BCUT2D eigenvalue weighted by molar-refractivity contribution is 0.0295. The molecule has 3 N–H and O–H groups in total. The Morgan fingerprint density at radius 3 is 2.83 bits per heavy atom. The van der Waals surface area contributed by atoms with Crippen LogP contribution in [0.25, 0.3) is 0 Å². The summed E-state index contributed by atoms with van der Waals surface area (Å²) >= 11 is 0. The van der Waals surface area contributed by atoms with E-state index in [0.717, 1.165) is 6.42 Å². The Hall–Kier alpha value is -0.810. The van der Waals surface area contributed by atoms with Gasteiger partial charge in [0.05, 0.1) is 18.8 Å². The second-order valence-electron chi connectivity index (χ2n) is 2.94. The molecule has 0 aliphatic carbocycles. The number of rotatable bonds is 2. The smallest absolute Gasteiger partial charge is 0.407 e. The van der Waals surface area contributed by atoms with Gasteiger partial charge in [0.15, 0.2) is 0 Å². The zero-order chi connectivity index (χ0) is 9.14. The molecule has 1 amide bonds. The van der Waals surface area contributed by atoms with Crippen LogP contribution in [-0.4, -0.2) is 51.6 Å². The fourth-order valence-electron chi connectivity index (χ4n) is 1.55. The van der Waals surface area contributed by atoms with Gasteiger partial charge in [0.1, 0.15) is 0 Å². The zero-order valence-corrected chi connectivity index (χ0v) is 6.68. The highest BCUT2D eigenvalue weighted by atomic mass is 16.4. The third-order valence-electron chi connectivity index (χ3n) is 2.18. The number of carboxylic acid groups (broad SMARTS) is 1. The third-order valence-corrected chi connectivity index (χ3v) is 2.18. The van der Waals surface area contributed by atoms with Crippen molar-refractivity contribution in [1.82, 2.24) is 4.90 Å². The first-order valence-corrected chi connectivity index (χ1v) is 3.95. The van der Waals surface area contributed by atoms with Crippen LogP contribution >= 0.6 is 0 Å². The second kappa shape index (κ2) is 3.73. The molecule has 12 heavy (non-hydrogen) atoms. The molecular weight excluding hydrogens is 162 g/mol. The Morgan fingerprint density at radius 1 is 1.67 bits per heavy atom. The van der Waals surface area contributed by atoms with Crippen LogP contribution in [0, 0.1) is 0 Å². The first kappa shape index (κ1) is 9.28. The predicted octanol–water partition coefficient (Wildman–Crippen LogP) is -0.518. The van der Waals surface area contributed by atoms with Gasteiger partial charge < -0.3 is 20.2 Å². The normalized spacial score (nSPS) is 25.8. The fraction of sp³-hybridized carbons (Fsp3) is 0.857. The molecule has 2 atom stereocenters. The van der Waals surface area contributed by atoms with E-state index in [0.29, 0.717) is 13.0 Å². The van der Waals surface area contributed by atoms with Gasteiger partial charge in [-0.3, -0.25) is 0 Å². The van der Waals surface area contributed by atoms with Crippen LogP contribution in [0.4, 0.5) is 4.79 Å². The molecule has 1 aliphatic rings. The summed E-state index contributed by atoms with van der Waals surface area (Å²) in [7, 11) is 0. The van der Waals surface area contributed by atoms with Gasteiger partial charge >= 0.3 is 6.09 Å². The van der Waals surface area contributed by atoms with Gasteiger partial charge in [0.25, 0.3) is 0 Å². The van der Waals surface area contributed by atoms with E-state index in [1.165, 1.54) is 4.90 Å². The van der Waals surface area contributed by atoms with E-state index >= 15 is 0 Å². The number of hydrogen-bond acceptors (Lipinski definition) is 3. The van der Waals surface area contributed by atoms with E-state index < -0.39 is 18.2 Å². The van der Waals surface area contributed by atoms with Gasteiger partial charge in [-0.25, -0.2) is 4.79 Å². The molecule has 5 heteroatoms. The monoisotopic (exact) mass is 175 g/mol. The first-order valence-electron chi connectivity index (χ1n) is 3.95. The van der Waals surface area contributed by atoms with Crippen molar-refractivity contribution in [1.29, 1.82) is 0 Å². The average Bonchev–Trinajstić information content (AvgIpc) is 2.50. The average molecular weight is 175 g/mol. The zero-order valence-electron chi connectivity index (χ0n) is 6.68. The van der Waals surface area contributed by atoms with Crippen LogP contribution in [0.3, 0.4) is 0 Å². The molecule has 0 unspecified atom stereocenters. The van der Waals surface area contributed by atoms with Crippen LogP contribution in [0.2, 0.25) is 0 Å². The molecule has 1 heterocycles. The van der Waals surface area contributed by atoms with Gasteiger partial charge in [-0.15, -0.1) is 0 Å². The topological polar surface area (TPSA) is 81.0 Å². The maximum Gasteiger partial charge on any atom is 0.407 e. The first-order chi connectivity index (χ1) is 5.66. The lowest BCUT2D eigenvalue weighted by atomic mass is 10.1. The fourth-order valence-corrected chi connectivity index (χ4v) is 1.55. The van der Waals surface area contributed by atoms with Crippen LogP contribution in [0.1, 0.15) is 12.8 Å². The van der Waals surface area contributed by atoms with Gasteiger partial charge in [-0.05, 0) is 12.8 Å². The summed E-state index contributed by atoms with van der Waals surface area (Å²) in [5.41, 5.74) is 0. The maximum atomic E-state index is 10.6. The minimum atomic E-state index is -1.02. The minimum absolute atomic E-state index is 0.381. The summed E-state index contributed by atoms with van der Waals surface area (Å²) in [4.78, 5) is 11.7. The van der Waals surface area contributed by atoms with Crippen molar-refractivity contribution in [2.24, 2.45) is 0 Å². The number of likely N-dealkylation sites (tertiary alicyclic amines) is 1. The summed E-state index contributed by atoms with van der Waals surface area (Å²) in [6.07, 6.45) is -0.573. The van der Waals surface area contributed by atoms with Crippen molar-refractivity contribution in [3.8, 4) is 0 Å². The lowest BCUT2D eigenvalue weighted by Crippen LogP contribution is -2.43. The van der Waals surface area contributed by atoms with E-state index in [-0.39, 0.29) is 6.61 Å². The molecule has 0 radical (unpaired) electrons. The quantitative estimate of drug-likeness (QED) is 0.527. The largest absolute Gasteiger partial charge is 0.465 e. The molecule has 1 fully saturated rings. The predicted molar refractivity (Wildman–Crippen MR) is 40.8 cm³/mol. The van der Waals surface area contributed by atoms with Crippen LogP contribution in [0.15, 0.2) is 0 Å². The molecule has 0 aromatic carbocycles. The molecule has 0 bridgehead atoms. The van der Waals surface area contributed by atoms with Crippen LogP contribution in [0.5, 0.6) is 0 Å². The highest BCUT2D eigenvalue weighted by Crippen LogP contribution is 2.19. The summed E-state index contributed by atoms with van der Waals surface area (Å²) < 4.78 is 0. The number of nitrogens with zero attached hydrogens (tertiary/aromatic N) is 1. The van der Waals surface area contributed by atoms with Crippen molar-refractivity contribution in [2.45, 2.75) is 25.0 Å². The van der Waals surface area contributed by atoms with Crippen molar-refractivity contribution >= 4 is 6.09 Å². The molecule has 5 nitrogen and oxygen atoms in total. The molecule has 1 rings (SSSR count). The molecule has 0 aromatic rings. The molecule has 70 valence electrons. The van der Waals surface area contributed by atoms with E-state index in [1.807, 2.05) is 0 Å². The summed E-state index contributed by atoms with van der Waals surface area (Å²) in [6.45, 7) is 0.0749. The molecule has 0 spiro atoms. The number of aliphatic hydroxyl groups excluding tert-OH is 2. The number of hydrogen-bond donors (Lipinski definition) is 3. The molecule has 0 aromatic heterocycles. The van der Waals surface area contributed by atoms with Crippen molar-refractivity contribution in [3.63, 3.8) is 0 Å². The number of amides is 1. The van der Waals surface area contributed by atoms with E-state index in [4.69, 9.17) is 10.2 Å². The summed E-state index contributed by atoms with van der Waals surface area (Å²) in [6, 6.07) is -0.424. The van der Waals surface area contributed by atoms with Crippen molar-refractivity contribution in [3.05, 3.63) is 0 Å². The number of carbonyl (C=O) groups is 1. The van der Waals surface area contributed by atoms with Gasteiger partial charge in [0.2, 0.25) is 0 Å². The maximum absolute atomic E-state index is 10.6. The van der Waals surface area contributed by atoms with Crippen LogP contribution in [-0.2, 0) is 0 Å².